The summed E-state index contributed by atoms with van der Waals surface area (Å²) >= 11 is 4.07. The summed E-state index contributed by atoms with van der Waals surface area (Å²) in [5, 5.41) is 5.99. The highest BCUT2D eigenvalue weighted by molar-refractivity contribution is 8.00. The molecule has 2 aromatic rings. The third-order valence-corrected chi connectivity index (χ3v) is 6.80. The van der Waals surface area contributed by atoms with E-state index in [0.717, 1.165) is 11.8 Å². The topological polar surface area (TPSA) is 12.0 Å². The van der Waals surface area contributed by atoms with Crippen molar-refractivity contribution in [2.75, 3.05) is 12.3 Å². The summed E-state index contributed by atoms with van der Waals surface area (Å²) in [4.78, 5) is 1.50. The van der Waals surface area contributed by atoms with Gasteiger partial charge in [-0.15, -0.1) is 11.3 Å². The summed E-state index contributed by atoms with van der Waals surface area (Å²) in [5.41, 5.74) is 1.46. The molecular formula is C16H21NS2. The van der Waals surface area contributed by atoms with Crippen LogP contribution in [0.4, 0.5) is 0 Å². The largest absolute Gasteiger partial charge is 0.308 e. The van der Waals surface area contributed by atoms with E-state index >= 15 is 0 Å². The van der Waals surface area contributed by atoms with Gasteiger partial charge in [-0.05, 0) is 49.5 Å². The number of fused-ring (bicyclic) bond motifs is 1. The van der Waals surface area contributed by atoms with Crippen molar-refractivity contribution < 1.29 is 0 Å². The molecule has 1 aliphatic rings. The molecule has 1 fully saturated rings. The van der Waals surface area contributed by atoms with Crippen molar-refractivity contribution in [1.29, 1.82) is 0 Å². The van der Waals surface area contributed by atoms with Gasteiger partial charge < -0.3 is 5.32 Å². The maximum atomic E-state index is 3.73. The molecule has 0 spiro atoms. The Kier molecular flexibility index (Phi) is 4.15. The number of thioether (sulfide) groups is 1. The van der Waals surface area contributed by atoms with Gasteiger partial charge in [-0.2, -0.15) is 11.8 Å². The molecule has 0 radical (unpaired) electrons. The van der Waals surface area contributed by atoms with Gasteiger partial charge in [0.25, 0.3) is 0 Å². The lowest BCUT2D eigenvalue weighted by atomic mass is 10.1. The first-order valence-electron chi connectivity index (χ1n) is 7.08. The molecule has 2 unspecified atom stereocenters. The van der Waals surface area contributed by atoms with Crippen molar-refractivity contribution in [3.05, 3.63) is 34.7 Å². The first-order chi connectivity index (χ1) is 9.25. The van der Waals surface area contributed by atoms with E-state index in [9.17, 15) is 0 Å². The Bertz CT molecular complexity index is 555. The van der Waals surface area contributed by atoms with Gasteiger partial charge in [0.2, 0.25) is 0 Å². The summed E-state index contributed by atoms with van der Waals surface area (Å²) in [5.74, 6) is 1.35. The van der Waals surface area contributed by atoms with Gasteiger partial charge in [0.05, 0.1) is 0 Å². The van der Waals surface area contributed by atoms with E-state index in [2.05, 4.69) is 55.2 Å². The Balaban J connectivity index is 1.73. The molecule has 1 aromatic heterocycles. The molecule has 2 heterocycles. The van der Waals surface area contributed by atoms with Gasteiger partial charge in [0, 0.05) is 27.4 Å². The highest BCUT2D eigenvalue weighted by atomic mass is 32.2. The van der Waals surface area contributed by atoms with Crippen molar-refractivity contribution in [1.82, 2.24) is 5.32 Å². The number of benzene rings is 1. The predicted octanol–water partition coefficient (Wildman–Crippen LogP) is 4.76. The quantitative estimate of drug-likeness (QED) is 0.872. The molecule has 0 saturated carbocycles. The zero-order valence-electron chi connectivity index (χ0n) is 11.6. The Labute approximate surface area is 123 Å². The van der Waals surface area contributed by atoms with Crippen LogP contribution in [0.5, 0.6) is 0 Å². The average molecular weight is 291 g/mol. The van der Waals surface area contributed by atoms with Gasteiger partial charge >= 0.3 is 0 Å². The lowest BCUT2D eigenvalue weighted by Gasteiger charge is -2.16. The smallest absolute Gasteiger partial charge is 0.0389 e. The number of nitrogens with one attached hydrogen (secondary N) is 1. The minimum Gasteiger partial charge on any atom is -0.308 e. The zero-order valence-corrected chi connectivity index (χ0v) is 13.2. The molecule has 2 atom stereocenters. The van der Waals surface area contributed by atoms with Gasteiger partial charge in [-0.1, -0.05) is 18.2 Å². The van der Waals surface area contributed by atoms with Crippen molar-refractivity contribution in [3.63, 3.8) is 0 Å². The van der Waals surface area contributed by atoms with E-state index in [1.54, 1.807) is 0 Å². The normalized spacial score (nSPS) is 21.1. The molecule has 1 saturated heterocycles. The van der Waals surface area contributed by atoms with Crippen LogP contribution in [0.25, 0.3) is 10.1 Å². The van der Waals surface area contributed by atoms with Gasteiger partial charge in [-0.25, -0.2) is 0 Å². The summed E-state index contributed by atoms with van der Waals surface area (Å²) in [7, 11) is 0. The lowest BCUT2D eigenvalue weighted by Crippen LogP contribution is -2.25. The van der Waals surface area contributed by atoms with Crippen LogP contribution < -0.4 is 5.32 Å². The predicted molar refractivity (Wildman–Crippen MR) is 88.5 cm³/mol. The van der Waals surface area contributed by atoms with Gasteiger partial charge in [0.1, 0.15) is 0 Å². The number of hydrogen-bond donors (Lipinski definition) is 1. The monoisotopic (exact) mass is 291 g/mol. The third-order valence-electron chi connectivity index (χ3n) is 3.95. The molecule has 1 aromatic carbocycles. The summed E-state index contributed by atoms with van der Waals surface area (Å²) < 4.78 is 1.42. The molecule has 19 heavy (non-hydrogen) atoms. The third kappa shape index (κ3) is 2.83. The number of rotatable bonds is 4. The number of hydrogen-bond acceptors (Lipinski definition) is 3. The van der Waals surface area contributed by atoms with Crippen molar-refractivity contribution in [2.24, 2.45) is 0 Å². The molecule has 1 N–H and O–H groups in total. The van der Waals surface area contributed by atoms with Crippen molar-refractivity contribution in [3.8, 4) is 0 Å². The van der Waals surface area contributed by atoms with Crippen LogP contribution >= 0.6 is 23.1 Å². The molecule has 1 aliphatic heterocycles. The van der Waals surface area contributed by atoms with Gasteiger partial charge in [-0.3, -0.25) is 0 Å². The Hall–Kier alpha value is -0.510. The minimum absolute atomic E-state index is 0.471. The second-order valence-electron chi connectivity index (χ2n) is 5.35. The summed E-state index contributed by atoms with van der Waals surface area (Å²) in [6.07, 6.45) is 2.78. The first-order valence-corrected chi connectivity index (χ1v) is 8.95. The zero-order chi connectivity index (χ0) is 13.2. The fourth-order valence-corrected chi connectivity index (χ4v) is 5.26. The first kappa shape index (κ1) is 13.5. The van der Waals surface area contributed by atoms with E-state index < -0.39 is 0 Å². The highest BCUT2D eigenvalue weighted by Crippen LogP contribution is 2.35. The van der Waals surface area contributed by atoms with Crippen LogP contribution in [0.1, 0.15) is 36.2 Å². The molecule has 0 aliphatic carbocycles. The molecule has 102 valence electrons. The molecular weight excluding hydrogens is 270 g/mol. The fraction of sp³-hybridized carbons (Fsp3) is 0.500. The molecule has 3 heteroatoms. The van der Waals surface area contributed by atoms with Gasteiger partial charge in [0.15, 0.2) is 0 Å². The van der Waals surface area contributed by atoms with Crippen LogP contribution in [-0.4, -0.2) is 17.5 Å². The van der Waals surface area contributed by atoms with Crippen LogP contribution in [0.3, 0.4) is 0 Å². The van der Waals surface area contributed by atoms with E-state index in [-0.39, 0.29) is 0 Å². The average Bonchev–Trinajstić information content (AvgIpc) is 3.05. The second-order valence-corrected chi connectivity index (χ2v) is 7.84. The molecule has 3 rings (SSSR count). The Morgan fingerprint density at radius 1 is 1.37 bits per heavy atom. The maximum absolute atomic E-state index is 3.73. The van der Waals surface area contributed by atoms with E-state index in [1.165, 1.54) is 39.1 Å². The number of aryl methyl sites for hydroxylation is 1. The Morgan fingerprint density at radius 3 is 2.95 bits per heavy atom. The fourth-order valence-electron chi connectivity index (χ4n) is 2.81. The highest BCUT2D eigenvalue weighted by Gasteiger charge is 2.18. The summed E-state index contributed by atoms with van der Waals surface area (Å²) in [6, 6.07) is 9.22. The van der Waals surface area contributed by atoms with E-state index in [1.807, 2.05) is 11.3 Å². The van der Waals surface area contributed by atoms with Crippen LogP contribution in [0, 0.1) is 6.92 Å². The lowest BCUT2D eigenvalue weighted by molar-refractivity contribution is 0.564. The van der Waals surface area contributed by atoms with Crippen molar-refractivity contribution >= 4 is 33.2 Å². The molecule has 0 amide bonds. The van der Waals surface area contributed by atoms with Crippen molar-refractivity contribution in [2.45, 2.75) is 38.0 Å². The minimum atomic E-state index is 0.471. The van der Waals surface area contributed by atoms with Crippen LogP contribution in [-0.2, 0) is 0 Å². The molecule has 0 bridgehead atoms. The van der Waals surface area contributed by atoms with Crippen LogP contribution in [0.15, 0.2) is 24.3 Å². The second kappa shape index (κ2) is 5.86. The van der Waals surface area contributed by atoms with E-state index in [4.69, 9.17) is 0 Å². The molecule has 1 nitrogen and oxygen atoms in total. The Morgan fingerprint density at radius 2 is 2.21 bits per heavy atom. The maximum Gasteiger partial charge on any atom is 0.0389 e. The van der Waals surface area contributed by atoms with E-state index in [0.29, 0.717) is 6.04 Å². The van der Waals surface area contributed by atoms with Crippen LogP contribution in [0.2, 0.25) is 0 Å². The SMILES string of the molecule is Cc1c(C(C)NCC2CCCS2)sc2ccccc12. The summed E-state index contributed by atoms with van der Waals surface area (Å²) in [6.45, 7) is 5.72. The standard InChI is InChI=1S/C16H21NS2/c1-11-14-7-3-4-8-15(14)19-16(11)12(2)17-10-13-6-5-9-18-13/h3-4,7-8,12-13,17H,5-6,9-10H2,1-2H3. The number of thiophene rings is 1.